The van der Waals surface area contributed by atoms with Crippen molar-refractivity contribution < 1.29 is 4.79 Å². The topological polar surface area (TPSA) is 104 Å². The van der Waals surface area contributed by atoms with E-state index < -0.39 is 0 Å². The quantitative estimate of drug-likeness (QED) is 0.575. The lowest BCUT2D eigenvalue weighted by Gasteiger charge is -2.30. The van der Waals surface area contributed by atoms with E-state index in [0.29, 0.717) is 18.9 Å². The number of H-pyrrole nitrogens is 1. The number of likely N-dealkylation sites (tertiary alicyclic amines) is 1. The fourth-order valence-electron chi connectivity index (χ4n) is 3.50. The number of pyridine rings is 1. The van der Waals surface area contributed by atoms with Gasteiger partial charge in [-0.3, -0.25) is 4.79 Å². The first kappa shape index (κ1) is 15.7. The third-order valence-corrected chi connectivity index (χ3v) is 4.98. The summed E-state index contributed by atoms with van der Waals surface area (Å²) in [5.41, 5.74) is 3.59. The first-order valence-corrected chi connectivity index (χ1v) is 8.82. The minimum atomic E-state index is 0.161. The number of hydrogen-bond donors (Lipinski definition) is 2. The van der Waals surface area contributed by atoms with Gasteiger partial charge >= 0.3 is 0 Å². The van der Waals surface area contributed by atoms with Gasteiger partial charge in [-0.05, 0) is 18.6 Å². The zero-order valence-electron chi connectivity index (χ0n) is 14.8. The van der Waals surface area contributed by atoms with Crippen LogP contribution in [0.4, 0.5) is 5.95 Å². The molecular formula is C18H18N8O. The van der Waals surface area contributed by atoms with Crippen LogP contribution in [0.5, 0.6) is 0 Å². The van der Waals surface area contributed by atoms with E-state index >= 15 is 0 Å². The smallest absolute Gasteiger partial charge is 0.224 e. The maximum Gasteiger partial charge on any atom is 0.224 e. The van der Waals surface area contributed by atoms with E-state index in [1.807, 2.05) is 37.8 Å². The number of aromatic nitrogens is 6. The van der Waals surface area contributed by atoms with Crippen LogP contribution >= 0.6 is 0 Å². The van der Waals surface area contributed by atoms with Crippen molar-refractivity contribution in [2.75, 3.05) is 18.9 Å². The number of aromatic amines is 1. The Morgan fingerprint density at radius 3 is 3.11 bits per heavy atom. The number of hydrogen-bond acceptors (Lipinski definition) is 6. The second-order valence-corrected chi connectivity index (χ2v) is 6.79. The Morgan fingerprint density at radius 1 is 1.30 bits per heavy atom. The largest absolute Gasteiger partial charge is 0.350 e. The number of likely N-dealkylation sites (N-methyl/N-ethyl adjacent to an activating group) is 1. The number of carbonyl (C=O) groups is 1. The van der Waals surface area contributed by atoms with E-state index in [2.05, 4.69) is 30.4 Å². The number of nitrogens with zero attached hydrogens (tertiary/aromatic N) is 6. The van der Waals surface area contributed by atoms with Crippen LogP contribution in [0.3, 0.4) is 0 Å². The summed E-state index contributed by atoms with van der Waals surface area (Å²) in [7, 11) is 1.82. The summed E-state index contributed by atoms with van der Waals surface area (Å²) < 4.78 is 1.74. The molecule has 2 N–H and O–H groups in total. The monoisotopic (exact) mass is 362 g/mol. The molecule has 5 rings (SSSR count). The minimum absolute atomic E-state index is 0.161. The number of carbonyl (C=O) groups excluding carboxylic acids is 1. The second kappa shape index (κ2) is 6.04. The summed E-state index contributed by atoms with van der Waals surface area (Å²) in [6.45, 7) is 0.661. The molecule has 9 nitrogen and oxygen atoms in total. The lowest BCUT2D eigenvalue weighted by molar-refractivity contribution is -0.132. The SMILES string of the molecule is CN1C[C@H](Nc2ncc3c(-c4ccc5ncnn5c4)c[nH]c3n2)CCC1=O. The molecule has 1 fully saturated rings. The van der Waals surface area contributed by atoms with Crippen LogP contribution in [-0.2, 0) is 4.79 Å². The Bertz CT molecular complexity index is 1150. The van der Waals surface area contributed by atoms with Gasteiger partial charge in [0.1, 0.15) is 12.0 Å². The van der Waals surface area contributed by atoms with E-state index in [1.54, 1.807) is 9.42 Å². The normalized spacial score (nSPS) is 17.7. The number of fused-ring (bicyclic) bond motifs is 2. The zero-order valence-corrected chi connectivity index (χ0v) is 14.8. The average Bonchev–Trinajstić information content (AvgIpc) is 3.30. The van der Waals surface area contributed by atoms with E-state index in [9.17, 15) is 4.79 Å². The molecule has 4 aromatic heterocycles. The van der Waals surface area contributed by atoms with Crippen LogP contribution in [0, 0.1) is 0 Å². The molecule has 0 saturated carbocycles. The Hall–Kier alpha value is -3.49. The maximum absolute atomic E-state index is 11.6. The number of amides is 1. The molecule has 5 heterocycles. The summed E-state index contributed by atoms with van der Waals surface area (Å²) in [6.07, 6.45) is 8.55. The molecule has 0 radical (unpaired) electrons. The molecule has 4 aromatic rings. The van der Waals surface area contributed by atoms with E-state index in [0.717, 1.165) is 34.2 Å². The van der Waals surface area contributed by atoms with Crippen molar-refractivity contribution >= 4 is 28.5 Å². The molecule has 1 aliphatic heterocycles. The first-order chi connectivity index (χ1) is 13.2. The molecule has 27 heavy (non-hydrogen) atoms. The van der Waals surface area contributed by atoms with Crippen LogP contribution in [0.2, 0.25) is 0 Å². The van der Waals surface area contributed by atoms with Gasteiger partial charge in [0.25, 0.3) is 0 Å². The van der Waals surface area contributed by atoms with E-state index in [1.165, 1.54) is 6.33 Å². The number of rotatable bonds is 3. The molecule has 0 bridgehead atoms. The van der Waals surface area contributed by atoms with Gasteiger partial charge in [-0.2, -0.15) is 10.1 Å². The fourth-order valence-corrected chi connectivity index (χ4v) is 3.50. The van der Waals surface area contributed by atoms with E-state index in [-0.39, 0.29) is 11.9 Å². The van der Waals surface area contributed by atoms with Gasteiger partial charge < -0.3 is 15.2 Å². The first-order valence-electron chi connectivity index (χ1n) is 8.82. The van der Waals surface area contributed by atoms with Crippen LogP contribution in [-0.4, -0.2) is 60.0 Å². The van der Waals surface area contributed by atoms with Gasteiger partial charge in [0.15, 0.2) is 5.65 Å². The van der Waals surface area contributed by atoms with Gasteiger partial charge in [0, 0.05) is 61.2 Å². The molecule has 0 aromatic carbocycles. The Kier molecular flexibility index (Phi) is 3.52. The summed E-state index contributed by atoms with van der Waals surface area (Å²) in [5.74, 6) is 0.748. The Morgan fingerprint density at radius 2 is 2.22 bits per heavy atom. The van der Waals surface area contributed by atoms with Gasteiger partial charge in [-0.25, -0.2) is 14.5 Å². The van der Waals surface area contributed by atoms with Crippen molar-refractivity contribution in [3.05, 3.63) is 37.1 Å². The van der Waals surface area contributed by atoms with Gasteiger partial charge in [0.2, 0.25) is 11.9 Å². The highest BCUT2D eigenvalue weighted by Crippen LogP contribution is 2.28. The van der Waals surface area contributed by atoms with Crippen LogP contribution in [0.25, 0.3) is 27.8 Å². The lowest BCUT2D eigenvalue weighted by atomic mass is 10.1. The molecule has 1 saturated heterocycles. The van der Waals surface area contributed by atoms with Crippen molar-refractivity contribution in [3.63, 3.8) is 0 Å². The lowest BCUT2D eigenvalue weighted by Crippen LogP contribution is -2.43. The van der Waals surface area contributed by atoms with Gasteiger partial charge in [-0.15, -0.1) is 0 Å². The van der Waals surface area contributed by atoms with E-state index in [4.69, 9.17) is 0 Å². The van der Waals surface area contributed by atoms with Crippen molar-refractivity contribution in [1.82, 2.24) is 34.4 Å². The maximum atomic E-state index is 11.6. The summed E-state index contributed by atoms with van der Waals surface area (Å²) in [6, 6.07) is 4.10. The molecule has 0 spiro atoms. The third-order valence-electron chi connectivity index (χ3n) is 4.98. The Balaban J connectivity index is 1.43. The zero-order chi connectivity index (χ0) is 18.4. The molecule has 1 atom stereocenters. The van der Waals surface area contributed by atoms with Crippen LogP contribution in [0.1, 0.15) is 12.8 Å². The molecule has 9 heteroatoms. The number of anilines is 1. The fraction of sp³-hybridized carbons (Fsp3) is 0.278. The second-order valence-electron chi connectivity index (χ2n) is 6.79. The molecule has 0 aliphatic carbocycles. The van der Waals surface area contributed by atoms with Crippen molar-refractivity contribution in [1.29, 1.82) is 0 Å². The number of nitrogens with one attached hydrogen (secondary N) is 2. The van der Waals surface area contributed by atoms with Crippen molar-refractivity contribution in [2.45, 2.75) is 18.9 Å². The third kappa shape index (κ3) is 2.77. The van der Waals surface area contributed by atoms with Crippen molar-refractivity contribution in [2.24, 2.45) is 0 Å². The highest BCUT2D eigenvalue weighted by atomic mass is 16.2. The molecule has 1 aliphatic rings. The van der Waals surface area contributed by atoms with Crippen LogP contribution < -0.4 is 5.32 Å². The molecule has 0 unspecified atom stereocenters. The number of piperidine rings is 1. The molecular weight excluding hydrogens is 344 g/mol. The predicted octanol–water partition coefficient (Wildman–Crippen LogP) is 1.70. The van der Waals surface area contributed by atoms with Gasteiger partial charge in [0.05, 0.1) is 0 Å². The van der Waals surface area contributed by atoms with Gasteiger partial charge in [-0.1, -0.05) is 0 Å². The Labute approximate surface area is 154 Å². The standard InChI is InChI=1S/C18H18N8O/c1-25-9-12(3-5-16(25)27)23-18-20-7-14-13(6-19-17(14)24-18)11-2-4-15-21-10-22-26(15)8-11/h2,4,6-8,10,12H,3,5,9H2,1H3,(H2,19,20,23,24)/t12-/m1/s1. The summed E-state index contributed by atoms with van der Waals surface area (Å²) >= 11 is 0. The highest BCUT2D eigenvalue weighted by Gasteiger charge is 2.23. The predicted molar refractivity (Wildman–Crippen MR) is 100 cm³/mol. The average molecular weight is 362 g/mol. The summed E-state index contributed by atoms with van der Waals surface area (Å²) in [4.78, 5) is 29.8. The molecule has 1 amide bonds. The summed E-state index contributed by atoms with van der Waals surface area (Å²) in [5, 5.41) is 8.46. The van der Waals surface area contributed by atoms with Crippen molar-refractivity contribution in [3.8, 4) is 11.1 Å². The van der Waals surface area contributed by atoms with Crippen LogP contribution in [0.15, 0.2) is 37.1 Å². The molecule has 136 valence electrons. The highest BCUT2D eigenvalue weighted by molar-refractivity contribution is 5.93. The minimum Gasteiger partial charge on any atom is -0.350 e.